The lowest BCUT2D eigenvalue weighted by Gasteiger charge is -2.60. The average Bonchev–Trinajstić information content (AvgIpc) is 3.79. The van der Waals surface area contributed by atoms with Crippen LogP contribution < -0.4 is 18.9 Å². The molecule has 12 nitrogen and oxygen atoms in total. The molecule has 6 atom stereocenters. The van der Waals surface area contributed by atoms with Crippen molar-refractivity contribution in [3.8, 4) is 28.7 Å². The molecule has 4 aromatic rings. The lowest BCUT2D eigenvalue weighted by molar-refractivity contribution is -0.256. The fourth-order valence-electron chi connectivity index (χ4n) is 10.1. The van der Waals surface area contributed by atoms with Gasteiger partial charge in [-0.1, -0.05) is 72.6 Å². The second-order valence-corrected chi connectivity index (χ2v) is 18.6. The van der Waals surface area contributed by atoms with Gasteiger partial charge in [-0.25, -0.2) is 4.79 Å². The largest absolute Gasteiger partial charge is 0.459 e. The molecule has 6 unspecified atom stereocenters. The zero-order valence-electron chi connectivity index (χ0n) is 38.5. The summed E-state index contributed by atoms with van der Waals surface area (Å²) in [7, 11) is 0. The van der Waals surface area contributed by atoms with Crippen molar-refractivity contribution < 1.29 is 48.3 Å². The number of aliphatic hydroxyl groups excluding tert-OH is 2. The van der Waals surface area contributed by atoms with Gasteiger partial charge in [0.25, 0.3) is 0 Å². The summed E-state index contributed by atoms with van der Waals surface area (Å²) >= 11 is 0. The molecule has 1 fully saturated rings. The second kappa shape index (κ2) is 20.8. The average molecular weight is 901 g/mol. The molecule has 2 aliphatic heterocycles. The van der Waals surface area contributed by atoms with E-state index in [1.165, 1.54) is 0 Å². The van der Waals surface area contributed by atoms with Gasteiger partial charge in [0.1, 0.15) is 28.9 Å². The SMILES string of the molecule is C=CCCOC(=O)N(Cc1ccc2c(c1)OCO2)C1CC(=NOC(C)(C)C)C2=CC(CCCCO)C(CCCCO)C3c4cc(Oc5ccc6ccccc6c5)ccc4OC1(OCC=C)C23. The van der Waals surface area contributed by atoms with Crippen molar-refractivity contribution >= 4 is 22.6 Å². The quantitative estimate of drug-likeness (QED) is 0.0501. The smallest absolute Gasteiger partial charge is 0.410 e. The molecule has 0 saturated heterocycles. The molecule has 0 spiro atoms. The number of unbranched alkanes of at least 4 members (excludes halogenated alkanes) is 2. The summed E-state index contributed by atoms with van der Waals surface area (Å²) in [4.78, 5) is 22.9. The molecule has 0 radical (unpaired) electrons. The third kappa shape index (κ3) is 10.1. The Morgan fingerprint density at radius 3 is 2.39 bits per heavy atom. The lowest BCUT2D eigenvalue weighted by Crippen LogP contribution is -2.70. The number of allylic oxidation sites excluding steroid dienone is 1. The van der Waals surface area contributed by atoms with Crippen LogP contribution in [0.1, 0.15) is 89.2 Å². The molecule has 350 valence electrons. The van der Waals surface area contributed by atoms with Crippen LogP contribution >= 0.6 is 0 Å². The first-order chi connectivity index (χ1) is 32.0. The van der Waals surface area contributed by atoms with Crippen LogP contribution in [0.25, 0.3) is 10.8 Å². The summed E-state index contributed by atoms with van der Waals surface area (Å²) in [5.74, 6) is 1.04. The van der Waals surface area contributed by atoms with Gasteiger partial charge < -0.3 is 43.5 Å². The van der Waals surface area contributed by atoms with Crippen molar-refractivity contribution in [2.45, 2.75) is 102 Å². The van der Waals surface area contributed by atoms with Crippen LogP contribution in [0.3, 0.4) is 0 Å². The molecule has 2 heterocycles. The number of fused-ring (bicyclic) bond motifs is 4. The van der Waals surface area contributed by atoms with E-state index in [0.29, 0.717) is 53.7 Å². The first kappa shape index (κ1) is 46.7. The number of nitrogens with zero attached hydrogens (tertiary/aromatic N) is 2. The van der Waals surface area contributed by atoms with Crippen LogP contribution in [0.15, 0.2) is 121 Å². The molecule has 0 bridgehead atoms. The minimum Gasteiger partial charge on any atom is -0.459 e. The predicted octanol–water partition coefficient (Wildman–Crippen LogP) is 11.0. The van der Waals surface area contributed by atoms with Crippen LogP contribution in [0.5, 0.6) is 28.7 Å². The first-order valence-electron chi connectivity index (χ1n) is 23.4. The van der Waals surface area contributed by atoms with Crippen molar-refractivity contribution in [2.75, 3.05) is 33.2 Å². The van der Waals surface area contributed by atoms with Crippen molar-refractivity contribution in [3.05, 3.63) is 127 Å². The first-order valence-corrected chi connectivity index (χ1v) is 23.4. The molecule has 12 heteroatoms. The summed E-state index contributed by atoms with van der Waals surface area (Å²) in [6, 6.07) is 25.1. The topological polar surface area (TPSA) is 138 Å². The lowest BCUT2D eigenvalue weighted by atomic mass is 9.55. The minimum absolute atomic E-state index is 0.0275. The van der Waals surface area contributed by atoms with Crippen molar-refractivity contribution in [2.24, 2.45) is 22.9 Å². The van der Waals surface area contributed by atoms with E-state index in [1.807, 2.05) is 75.4 Å². The van der Waals surface area contributed by atoms with Gasteiger partial charge >= 0.3 is 6.09 Å². The molecule has 4 aliphatic rings. The molecular weight excluding hydrogens is 837 g/mol. The third-order valence-electron chi connectivity index (χ3n) is 13.0. The molecule has 4 aromatic carbocycles. The molecule has 1 saturated carbocycles. The fourth-order valence-corrected chi connectivity index (χ4v) is 10.1. The number of carbonyl (C=O) groups is 1. The number of aliphatic hydroxyl groups is 2. The highest BCUT2D eigenvalue weighted by Gasteiger charge is 2.66. The van der Waals surface area contributed by atoms with Crippen LogP contribution in [0.4, 0.5) is 4.79 Å². The monoisotopic (exact) mass is 900 g/mol. The highest BCUT2D eigenvalue weighted by Crippen LogP contribution is 2.62. The van der Waals surface area contributed by atoms with Gasteiger partial charge in [0.05, 0.1) is 24.8 Å². The normalized spacial score (nSPS) is 23.3. The second-order valence-electron chi connectivity index (χ2n) is 18.6. The number of benzene rings is 4. The van der Waals surface area contributed by atoms with E-state index >= 15 is 0 Å². The zero-order valence-corrected chi connectivity index (χ0v) is 38.5. The fraction of sp³-hybridized carbons (Fsp3) is 0.444. The number of oxime groups is 1. The molecule has 1 amide bonds. The Kier molecular flexibility index (Phi) is 14.7. The van der Waals surface area contributed by atoms with E-state index in [1.54, 1.807) is 17.1 Å². The van der Waals surface area contributed by atoms with Gasteiger partial charge in [-0.3, -0.25) is 4.90 Å². The van der Waals surface area contributed by atoms with E-state index in [4.69, 9.17) is 38.4 Å². The third-order valence-corrected chi connectivity index (χ3v) is 13.0. The Bertz CT molecular complexity index is 2420. The summed E-state index contributed by atoms with van der Waals surface area (Å²) in [5.41, 5.74) is 2.75. The maximum absolute atomic E-state index is 14.8. The Labute approximate surface area is 388 Å². The van der Waals surface area contributed by atoms with Gasteiger partial charge in [-0.05, 0) is 129 Å². The van der Waals surface area contributed by atoms with E-state index in [-0.39, 0.29) is 63.9 Å². The molecule has 66 heavy (non-hydrogen) atoms. The highest BCUT2D eigenvalue weighted by atomic mass is 16.7. The van der Waals surface area contributed by atoms with E-state index in [2.05, 4.69) is 43.5 Å². The van der Waals surface area contributed by atoms with Crippen LogP contribution in [0, 0.1) is 17.8 Å². The number of carbonyl (C=O) groups excluding carboxylic acids is 1. The van der Waals surface area contributed by atoms with E-state index in [0.717, 1.165) is 53.2 Å². The Morgan fingerprint density at radius 2 is 1.62 bits per heavy atom. The van der Waals surface area contributed by atoms with E-state index in [9.17, 15) is 15.0 Å². The standard InChI is InChI=1S/C54H64N2O10/c1-6-8-28-60-52(59)56(34-36-19-23-47-48(29-36)62-35-61-47)49-33-45(55-66-53(3,4)5)43-31-39(17-11-13-25-57)42(18-12-14-26-58)50-44-32-41(64-40-21-20-37-15-9-10-16-38(37)30-40)22-24-46(44)65-54(49,51(43)50)63-27-7-2/h6-7,9-10,15-16,19-24,29-32,39,42,49-51,57-58H,1-2,8,11-14,17-18,25-28,33-35H2,3-5H3. The number of hydrogen-bond donors (Lipinski definition) is 2. The molecule has 2 N–H and O–H groups in total. The van der Waals surface area contributed by atoms with Crippen molar-refractivity contribution in [1.82, 2.24) is 4.90 Å². The Morgan fingerprint density at radius 1 is 0.879 bits per heavy atom. The predicted molar refractivity (Wildman–Crippen MR) is 254 cm³/mol. The zero-order chi connectivity index (χ0) is 46.3. The summed E-state index contributed by atoms with van der Waals surface area (Å²) < 4.78 is 38.8. The van der Waals surface area contributed by atoms with Gasteiger partial charge in [0.15, 0.2) is 11.5 Å². The summed E-state index contributed by atoms with van der Waals surface area (Å²) in [6.45, 7) is 14.5. The maximum Gasteiger partial charge on any atom is 0.410 e. The molecule has 0 aromatic heterocycles. The minimum atomic E-state index is -1.49. The van der Waals surface area contributed by atoms with Gasteiger partial charge in [0.2, 0.25) is 12.6 Å². The highest BCUT2D eigenvalue weighted by molar-refractivity contribution is 6.03. The van der Waals surface area contributed by atoms with E-state index < -0.39 is 29.4 Å². The number of rotatable bonds is 20. The molecule has 2 aliphatic carbocycles. The van der Waals surface area contributed by atoms with Gasteiger partial charge in [-0.15, -0.1) is 13.2 Å². The van der Waals surface area contributed by atoms with Gasteiger partial charge in [0, 0.05) is 37.7 Å². The van der Waals surface area contributed by atoms with Crippen LogP contribution in [-0.2, 0) is 20.9 Å². The van der Waals surface area contributed by atoms with Crippen molar-refractivity contribution in [3.63, 3.8) is 0 Å². The summed E-state index contributed by atoms with van der Waals surface area (Å²) in [6.07, 6.45) is 10.4. The molecular formula is C54H64N2O10. The Hall–Kier alpha value is -5.82. The number of hydrogen-bond acceptors (Lipinski definition) is 11. The van der Waals surface area contributed by atoms with Gasteiger partial charge in [-0.2, -0.15) is 0 Å². The Balaban J connectivity index is 1.33. The van der Waals surface area contributed by atoms with Crippen LogP contribution in [0.2, 0.25) is 0 Å². The summed E-state index contributed by atoms with van der Waals surface area (Å²) in [5, 5.41) is 27.2. The van der Waals surface area contributed by atoms with Crippen LogP contribution in [-0.4, -0.2) is 77.6 Å². The van der Waals surface area contributed by atoms with Crippen molar-refractivity contribution in [1.29, 1.82) is 0 Å². The molecule has 8 rings (SSSR count). The number of amides is 1. The maximum atomic E-state index is 14.8. The number of ether oxygens (including phenoxy) is 6.